The van der Waals surface area contributed by atoms with Gasteiger partial charge < -0.3 is 14.7 Å². The molecule has 0 aliphatic carbocycles. The summed E-state index contributed by atoms with van der Waals surface area (Å²) < 4.78 is 10.9. The molecular weight excluding hydrogens is 242 g/mol. The molecule has 2 aromatic rings. The van der Waals surface area contributed by atoms with Crippen LogP contribution in [-0.4, -0.2) is 18.5 Å². The fourth-order valence-corrected chi connectivity index (χ4v) is 1.73. The molecule has 19 heavy (non-hydrogen) atoms. The van der Waals surface area contributed by atoms with E-state index in [0.717, 1.165) is 11.1 Å². The van der Waals surface area contributed by atoms with Crippen LogP contribution in [0.25, 0.3) is 0 Å². The van der Waals surface area contributed by atoms with Crippen LogP contribution in [0, 0.1) is 0 Å². The van der Waals surface area contributed by atoms with Crippen LogP contribution in [0.4, 0.5) is 0 Å². The summed E-state index contributed by atoms with van der Waals surface area (Å²) >= 11 is 0. The summed E-state index contributed by atoms with van der Waals surface area (Å²) in [7, 11) is 1.61. The number of para-hydroxylation sites is 2. The summed E-state index contributed by atoms with van der Waals surface area (Å²) in [6.07, 6.45) is 1.38. The van der Waals surface area contributed by atoms with Crippen molar-refractivity contribution in [3.63, 3.8) is 0 Å². The summed E-state index contributed by atoms with van der Waals surface area (Å²) in [5.74, 6) is 1.40. The van der Waals surface area contributed by atoms with Gasteiger partial charge in [0.1, 0.15) is 6.61 Å². The molecule has 1 N–H and O–H groups in total. The van der Waals surface area contributed by atoms with E-state index in [-0.39, 0.29) is 0 Å². The number of ether oxygens (including phenoxy) is 2. The molecule has 0 atom stereocenters. The lowest BCUT2D eigenvalue weighted by molar-refractivity contribution is 0.284. The second-order valence-corrected chi connectivity index (χ2v) is 3.93. The van der Waals surface area contributed by atoms with E-state index in [2.05, 4.69) is 5.16 Å². The van der Waals surface area contributed by atoms with Crippen molar-refractivity contribution in [3.05, 3.63) is 59.7 Å². The lowest BCUT2D eigenvalue weighted by Gasteiger charge is -2.10. The summed E-state index contributed by atoms with van der Waals surface area (Å²) in [5.41, 5.74) is 1.81. The fraction of sp³-hybridized carbons (Fsp3) is 0.133. The maximum Gasteiger partial charge on any atom is 0.161 e. The first-order valence-electron chi connectivity index (χ1n) is 5.85. The predicted molar refractivity (Wildman–Crippen MR) is 73.1 cm³/mol. The first-order valence-corrected chi connectivity index (χ1v) is 5.85. The number of methoxy groups -OCH3 is 1. The van der Waals surface area contributed by atoms with Gasteiger partial charge in [0, 0.05) is 0 Å². The van der Waals surface area contributed by atoms with Crippen LogP contribution < -0.4 is 9.47 Å². The zero-order valence-corrected chi connectivity index (χ0v) is 10.6. The normalized spacial score (nSPS) is 10.6. The highest BCUT2D eigenvalue weighted by atomic mass is 16.5. The standard InChI is InChI=1S/C15H15NO3/c1-18-14-7-2-3-8-15(14)19-11-13-6-4-5-12(9-13)10-16-17/h2-10,17H,11H2,1H3/b16-10-. The third-order valence-corrected chi connectivity index (χ3v) is 2.62. The highest BCUT2D eigenvalue weighted by Gasteiger charge is 2.03. The minimum absolute atomic E-state index is 0.424. The summed E-state index contributed by atoms with van der Waals surface area (Å²) in [6.45, 7) is 0.424. The second kappa shape index (κ2) is 6.44. The second-order valence-electron chi connectivity index (χ2n) is 3.93. The Kier molecular flexibility index (Phi) is 4.39. The highest BCUT2D eigenvalue weighted by molar-refractivity contribution is 5.79. The molecule has 2 rings (SSSR count). The van der Waals surface area contributed by atoms with Gasteiger partial charge in [0.15, 0.2) is 11.5 Å². The van der Waals surface area contributed by atoms with Crippen molar-refractivity contribution in [2.75, 3.05) is 7.11 Å². The summed E-state index contributed by atoms with van der Waals surface area (Å²) in [6, 6.07) is 15.1. The Morgan fingerprint density at radius 1 is 1.11 bits per heavy atom. The van der Waals surface area contributed by atoms with Gasteiger partial charge in [-0.2, -0.15) is 0 Å². The van der Waals surface area contributed by atoms with Crippen LogP contribution in [0.2, 0.25) is 0 Å². The van der Waals surface area contributed by atoms with Crippen LogP contribution in [0.15, 0.2) is 53.7 Å². The number of hydrogen-bond acceptors (Lipinski definition) is 4. The Morgan fingerprint density at radius 2 is 1.89 bits per heavy atom. The van der Waals surface area contributed by atoms with E-state index < -0.39 is 0 Å². The lowest BCUT2D eigenvalue weighted by Crippen LogP contribution is -1.98. The molecule has 0 aliphatic rings. The van der Waals surface area contributed by atoms with Crippen molar-refractivity contribution < 1.29 is 14.7 Å². The van der Waals surface area contributed by atoms with Crippen LogP contribution in [0.3, 0.4) is 0 Å². The van der Waals surface area contributed by atoms with Gasteiger partial charge in [-0.25, -0.2) is 0 Å². The molecule has 0 saturated carbocycles. The average molecular weight is 257 g/mol. The molecule has 4 heteroatoms. The monoisotopic (exact) mass is 257 g/mol. The van der Waals surface area contributed by atoms with Gasteiger partial charge in [0.05, 0.1) is 13.3 Å². The lowest BCUT2D eigenvalue weighted by atomic mass is 10.1. The molecule has 0 aromatic heterocycles. The molecule has 0 aliphatic heterocycles. The van der Waals surface area contributed by atoms with Crippen LogP contribution >= 0.6 is 0 Å². The number of rotatable bonds is 5. The first kappa shape index (κ1) is 13.0. The van der Waals surface area contributed by atoms with Gasteiger partial charge in [0.25, 0.3) is 0 Å². The maximum atomic E-state index is 8.51. The Balaban J connectivity index is 2.08. The van der Waals surface area contributed by atoms with E-state index >= 15 is 0 Å². The first-order chi connectivity index (χ1) is 9.33. The topological polar surface area (TPSA) is 51.0 Å². The van der Waals surface area contributed by atoms with Crippen LogP contribution in [0.5, 0.6) is 11.5 Å². The predicted octanol–water partition coefficient (Wildman–Crippen LogP) is 3.08. The van der Waals surface area contributed by atoms with E-state index in [9.17, 15) is 0 Å². The molecule has 98 valence electrons. The molecule has 0 heterocycles. The molecule has 0 amide bonds. The van der Waals surface area contributed by atoms with Crippen molar-refractivity contribution in [3.8, 4) is 11.5 Å². The van der Waals surface area contributed by atoms with E-state index in [1.54, 1.807) is 7.11 Å². The minimum atomic E-state index is 0.424. The quantitative estimate of drug-likeness (QED) is 0.508. The zero-order chi connectivity index (χ0) is 13.5. The van der Waals surface area contributed by atoms with E-state index in [1.807, 2.05) is 48.5 Å². The minimum Gasteiger partial charge on any atom is -0.493 e. The molecule has 0 saturated heterocycles. The van der Waals surface area contributed by atoms with Crippen molar-refractivity contribution in [1.29, 1.82) is 0 Å². The average Bonchev–Trinajstić information content (AvgIpc) is 2.46. The molecule has 4 nitrogen and oxygen atoms in total. The Morgan fingerprint density at radius 3 is 2.63 bits per heavy atom. The number of nitrogens with zero attached hydrogens (tertiary/aromatic N) is 1. The summed E-state index contributed by atoms with van der Waals surface area (Å²) in [5, 5.41) is 11.5. The zero-order valence-electron chi connectivity index (χ0n) is 10.6. The molecule has 0 unspecified atom stereocenters. The highest BCUT2D eigenvalue weighted by Crippen LogP contribution is 2.26. The maximum absolute atomic E-state index is 8.51. The Bertz CT molecular complexity index is 567. The molecule has 0 fully saturated rings. The van der Waals surface area contributed by atoms with E-state index in [0.29, 0.717) is 18.1 Å². The van der Waals surface area contributed by atoms with Gasteiger partial charge in [0.2, 0.25) is 0 Å². The van der Waals surface area contributed by atoms with Gasteiger partial charge >= 0.3 is 0 Å². The molecule has 0 radical (unpaired) electrons. The van der Waals surface area contributed by atoms with Crippen LogP contribution in [-0.2, 0) is 6.61 Å². The third kappa shape index (κ3) is 3.48. The van der Waals surface area contributed by atoms with Gasteiger partial charge in [-0.3, -0.25) is 0 Å². The molecule has 0 bridgehead atoms. The van der Waals surface area contributed by atoms with Gasteiger partial charge in [-0.15, -0.1) is 0 Å². The van der Waals surface area contributed by atoms with Crippen molar-refractivity contribution in [1.82, 2.24) is 0 Å². The van der Waals surface area contributed by atoms with Crippen LogP contribution in [0.1, 0.15) is 11.1 Å². The van der Waals surface area contributed by atoms with Crippen molar-refractivity contribution in [2.24, 2.45) is 5.16 Å². The number of benzene rings is 2. The number of hydrogen-bond donors (Lipinski definition) is 1. The SMILES string of the molecule is COc1ccccc1OCc1cccc(/C=N\O)c1. The van der Waals surface area contributed by atoms with Gasteiger partial charge in [-0.1, -0.05) is 35.5 Å². The van der Waals surface area contributed by atoms with E-state index in [1.165, 1.54) is 6.21 Å². The number of oxime groups is 1. The third-order valence-electron chi connectivity index (χ3n) is 2.62. The summed E-state index contributed by atoms with van der Waals surface area (Å²) in [4.78, 5) is 0. The van der Waals surface area contributed by atoms with Crippen molar-refractivity contribution in [2.45, 2.75) is 6.61 Å². The smallest absolute Gasteiger partial charge is 0.161 e. The molecule has 2 aromatic carbocycles. The Hall–Kier alpha value is -2.49. The molecular formula is C15H15NO3. The largest absolute Gasteiger partial charge is 0.493 e. The van der Waals surface area contributed by atoms with E-state index in [4.69, 9.17) is 14.7 Å². The van der Waals surface area contributed by atoms with Crippen molar-refractivity contribution >= 4 is 6.21 Å². The van der Waals surface area contributed by atoms with Gasteiger partial charge in [-0.05, 0) is 29.3 Å². The molecule has 0 spiro atoms. The fourth-order valence-electron chi connectivity index (χ4n) is 1.73. The Labute approximate surface area is 111 Å².